The Morgan fingerprint density at radius 3 is 2.54 bits per heavy atom. The van der Waals surface area contributed by atoms with Crippen molar-refractivity contribution in [3.63, 3.8) is 0 Å². The molecule has 0 saturated heterocycles. The van der Waals surface area contributed by atoms with Crippen LogP contribution in [0.5, 0.6) is 17.2 Å². The van der Waals surface area contributed by atoms with Crippen LogP contribution in [-0.2, 0) is 0 Å². The van der Waals surface area contributed by atoms with Gasteiger partial charge >= 0.3 is 0 Å². The van der Waals surface area contributed by atoms with E-state index < -0.39 is 0 Å². The zero-order valence-electron chi connectivity index (χ0n) is 19.1. The highest BCUT2D eigenvalue weighted by molar-refractivity contribution is 7.22. The Labute approximate surface area is 205 Å². The highest BCUT2D eigenvalue weighted by Gasteiger charge is 2.18. The van der Waals surface area contributed by atoms with E-state index in [1.807, 2.05) is 24.3 Å². The van der Waals surface area contributed by atoms with Crippen molar-refractivity contribution in [1.82, 2.24) is 15.0 Å². The maximum atomic E-state index is 13.2. The minimum Gasteiger partial charge on any atom is -0.497 e. The van der Waals surface area contributed by atoms with Gasteiger partial charge in [-0.1, -0.05) is 23.5 Å². The molecule has 0 aliphatic heterocycles. The summed E-state index contributed by atoms with van der Waals surface area (Å²) >= 11 is 1.59. The van der Waals surface area contributed by atoms with Gasteiger partial charge in [-0.25, -0.2) is 15.0 Å². The lowest BCUT2D eigenvalue weighted by atomic mass is 10.0. The number of rotatable bonds is 9. The summed E-state index contributed by atoms with van der Waals surface area (Å²) in [5.74, 6) is 1.49. The molecule has 0 fully saturated rings. The van der Waals surface area contributed by atoms with Crippen LogP contribution in [-0.4, -0.2) is 48.1 Å². The van der Waals surface area contributed by atoms with Crippen LogP contribution >= 0.6 is 11.3 Å². The number of nitrogens with zero attached hydrogens (tertiary/aromatic N) is 3. The van der Waals surface area contributed by atoms with E-state index in [1.165, 1.54) is 6.33 Å². The smallest absolute Gasteiger partial charge is 0.212 e. The third-order valence-electron chi connectivity index (χ3n) is 5.42. The van der Waals surface area contributed by atoms with Crippen molar-refractivity contribution in [3.8, 4) is 17.2 Å². The first-order valence-electron chi connectivity index (χ1n) is 10.9. The number of hydrogen-bond acceptors (Lipinski definition) is 9. The van der Waals surface area contributed by atoms with Gasteiger partial charge in [-0.05, 0) is 42.5 Å². The minimum absolute atomic E-state index is 0.214. The molecule has 0 atom stereocenters. The Kier molecular flexibility index (Phi) is 6.40. The second-order valence-electron chi connectivity index (χ2n) is 7.56. The maximum Gasteiger partial charge on any atom is 0.212 e. The van der Waals surface area contributed by atoms with E-state index in [4.69, 9.17) is 14.2 Å². The van der Waals surface area contributed by atoms with Gasteiger partial charge in [0, 0.05) is 17.0 Å². The van der Waals surface area contributed by atoms with Crippen LogP contribution in [0, 0.1) is 0 Å². The van der Waals surface area contributed by atoms with Gasteiger partial charge in [-0.15, -0.1) is 0 Å². The van der Waals surface area contributed by atoms with E-state index in [-0.39, 0.29) is 5.78 Å². The molecule has 35 heavy (non-hydrogen) atoms. The minimum atomic E-state index is -0.214. The number of nitrogens with one attached hydrogen (secondary N) is 1. The lowest BCUT2D eigenvalue weighted by molar-refractivity contribution is 0.103. The number of hydrogen-bond donors (Lipinski definition) is 1. The van der Waals surface area contributed by atoms with Crippen molar-refractivity contribution in [2.45, 2.75) is 0 Å². The molecule has 2 heterocycles. The number of para-hydroxylation sites is 1. The summed E-state index contributed by atoms with van der Waals surface area (Å²) in [6.07, 6.45) is 1.38. The normalized spacial score (nSPS) is 10.9. The van der Waals surface area contributed by atoms with Crippen LogP contribution in [0.1, 0.15) is 16.1 Å². The third kappa shape index (κ3) is 4.71. The molecule has 0 aliphatic carbocycles. The summed E-state index contributed by atoms with van der Waals surface area (Å²) in [6.45, 7) is 0.914. The number of carbonyl (C=O) groups is 1. The number of fused-ring (bicyclic) bond motifs is 2. The largest absolute Gasteiger partial charge is 0.497 e. The Morgan fingerprint density at radius 2 is 1.77 bits per heavy atom. The summed E-state index contributed by atoms with van der Waals surface area (Å²) in [6, 6.07) is 18.4. The van der Waals surface area contributed by atoms with Crippen LogP contribution in [0.15, 0.2) is 67.0 Å². The fraction of sp³-hybridized carbons (Fsp3) is 0.154. The second kappa shape index (κ2) is 9.94. The molecular weight excluding hydrogens is 464 g/mol. The van der Waals surface area contributed by atoms with Gasteiger partial charge in [0.25, 0.3) is 0 Å². The van der Waals surface area contributed by atoms with Crippen molar-refractivity contribution >= 4 is 43.4 Å². The molecule has 9 heteroatoms. The first kappa shape index (κ1) is 22.5. The van der Waals surface area contributed by atoms with E-state index in [1.54, 1.807) is 62.0 Å². The molecule has 0 amide bonds. The Balaban J connectivity index is 1.35. The fourth-order valence-corrected chi connectivity index (χ4v) is 4.55. The van der Waals surface area contributed by atoms with Crippen LogP contribution < -0.4 is 19.5 Å². The van der Waals surface area contributed by atoms with Gasteiger partial charge in [0.2, 0.25) is 5.78 Å². The number of anilines is 1. The fourth-order valence-electron chi connectivity index (χ4n) is 3.66. The summed E-state index contributed by atoms with van der Waals surface area (Å²) in [4.78, 5) is 26.4. The van der Waals surface area contributed by atoms with Crippen LogP contribution in [0.4, 0.5) is 5.13 Å². The zero-order valence-corrected chi connectivity index (χ0v) is 20.0. The molecule has 0 spiro atoms. The second-order valence-corrected chi connectivity index (χ2v) is 8.59. The van der Waals surface area contributed by atoms with E-state index in [9.17, 15) is 4.79 Å². The number of aromatic nitrogens is 3. The topological polar surface area (TPSA) is 95.5 Å². The average Bonchev–Trinajstić information content (AvgIpc) is 3.33. The summed E-state index contributed by atoms with van der Waals surface area (Å²) < 4.78 is 17.8. The molecule has 3 aromatic carbocycles. The van der Waals surface area contributed by atoms with Gasteiger partial charge in [-0.2, -0.15) is 0 Å². The Bertz CT molecular complexity index is 1470. The molecule has 0 saturated carbocycles. The predicted octanol–water partition coefficient (Wildman–Crippen LogP) is 4.98. The SMILES string of the molecule is COc1ccc(C(=O)c2ncnc3cc(OC)c(OCCNc4nc5ccccc5s4)cc23)cc1. The van der Waals surface area contributed by atoms with Crippen molar-refractivity contribution in [3.05, 3.63) is 78.2 Å². The quantitative estimate of drug-likeness (QED) is 0.230. The highest BCUT2D eigenvalue weighted by Crippen LogP contribution is 2.33. The monoisotopic (exact) mass is 486 g/mol. The van der Waals surface area contributed by atoms with Crippen molar-refractivity contribution < 1.29 is 19.0 Å². The van der Waals surface area contributed by atoms with E-state index >= 15 is 0 Å². The molecule has 1 N–H and O–H groups in total. The van der Waals surface area contributed by atoms with Crippen LogP contribution in [0.25, 0.3) is 21.1 Å². The first-order chi connectivity index (χ1) is 17.2. The molecule has 8 nitrogen and oxygen atoms in total. The average molecular weight is 487 g/mol. The number of methoxy groups -OCH3 is 2. The lowest BCUT2D eigenvalue weighted by Crippen LogP contribution is -2.12. The highest BCUT2D eigenvalue weighted by atomic mass is 32.1. The van der Waals surface area contributed by atoms with Gasteiger partial charge in [0.15, 0.2) is 16.6 Å². The number of thiazole rings is 1. The summed E-state index contributed by atoms with van der Waals surface area (Å²) in [7, 11) is 3.15. The molecule has 0 radical (unpaired) electrons. The number of benzene rings is 3. The lowest BCUT2D eigenvalue weighted by Gasteiger charge is -2.13. The van der Waals surface area contributed by atoms with E-state index in [2.05, 4.69) is 20.3 Å². The predicted molar refractivity (Wildman–Crippen MR) is 136 cm³/mol. The summed E-state index contributed by atoms with van der Waals surface area (Å²) in [5.41, 5.74) is 2.35. The van der Waals surface area contributed by atoms with Crippen molar-refractivity contribution in [2.24, 2.45) is 0 Å². The standard InChI is InChI=1S/C26H22N4O4S/c1-32-17-9-7-16(8-10-17)25(31)24-18-13-22(21(33-2)14-20(18)28-15-29-24)34-12-11-27-26-30-19-5-3-4-6-23(19)35-26/h3-10,13-15H,11-12H2,1-2H3,(H,27,30). The van der Waals surface area contributed by atoms with E-state index in [0.29, 0.717) is 52.6 Å². The Morgan fingerprint density at radius 1 is 0.943 bits per heavy atom. The molecule has 5 rings (SSSR count). The summed E-state index contributed by atoms with van der Waals surface area (Å²) in [5, 5.41) is 4.71. The first-order valence-corrected chi connectivity index (χ1v) is 11.7. The van der Waals surface area contributed by atoms with Gasteiger partial charge in [-0.3, -0.25) is 4.79 Å². The number of ether oxygens (including phenoxy) is 3. The molecule has 0 aliphatic rings. The molecule has 0 unspecified atom stereocenters. The molecule has 5 aromatic rings. The molecular formula is C26H22N4O4S. The molecule has 2 aromatic heterocycles. The zero-order chi connectivity index (χ0) is 24.2. The molecule has 176 valence electrons. The van der Waals surface area contributed by atoms with Gasteiger partial charge in [0.05, 0.1) is 36.5 Å². The van der Waals surface area contributed by atoms with Gasteiger partial charge < -0.3 is 19.5 Å². The Hall–Kier alpha value is -4.24. The third-order valence-corrected chi connectivity index (χ3v) is 6.41. The van der Waals surface area contributed by atoms with Crippen LogP contribution in [0.2, 0.25) is 0 Å². The van der Waals surface area contributed by atoms with Gasteiger partial charge in [0.1, 0.15) is 24.4 Å². The maximum absolute atomic E-state index is 13.2. The molecule has 0 bridgehead atoms. The number of ketones is 1. The number of carbonyl (C=O) groups excluding carboxylic acids is 1. The van der Waals surface area contributed by atoms with Crippen molar-refractivity contribution in [2.75, 3.05) is 32.7 Å². The van der Waals surface area contributed by atoms with Crippen molar-refractivity contribution in [1.29, 1.82) is 0 Å². The van der Waals surface area contributed by atoms with Crippen LogP contribution in [0.3, 0.4) is 0 Å². The van der Waals surface area contributed by atoms with E-state index in [0.717, 1.165) is 15.3 Å².